The van der Waals surface area contributed by atoms with Gasteiger partial charge in [0, 0.05) is 12.6 Å². The number of amides is 2. The van der Waals surface area contributed by atoms with Crippen LogP contribution in [0.1, 0.15) is 52.9 Å². The predicted molar refractivity (Wildman–Crippen MR) is 117 cm³/mol. The molecule has 1 aromatic carbocycles. The van der Waals surface area contributed by atoms with Crippen LogP contribution in [0, 0.1) is 6.92 Å². The summed E-state index contributed by atoms with van der Waals surface area (Å²) in [4.78, 5) is 52.1. The summed E-state index contributed by atoms with van der Waals surface area (Å²) >= 11 is 0. The number of nitrogens with zero attached hydrogens (tertiary/aromatic N) is 3. The third kappa shape index (κ3) is 5.05. The van der Waals surface area contributed by atoms with Gasteiger partial charge in [-0.25, -0.2) is 4.79 Å². The largest absolute Gasteiger partial charge is 0.465 e. The molecule has 10 nitrogen and oxygen atoms in total. The molecule has 33 heavy (non-hydrogen) atoms. The fraction of sp³-hybridized carbons (Fsp3) is 0.435. The van der Waals surface area contributed by atoms with E-state index < -0.39 is 29.3 Å². The molecule has 2 heterocycles. The lowest BCUT2D eigenvalue weighted by Crippen LogP contribution is -2.64. The average molecular weight is 456 g/mol. The Morgan fingerprint density at radius 2 is 1.88 bits per heavy atom. The van der Waals surface area contributed by atoms with Crippen LogP contribution in [0.5, 0.6) is 0 Å². The Morgan fingerprint density at radius 3 is 2.55 bits per heavy atom. The SMILES string of the molecule is CCOC(=O)CNC(=O)[C@@]1(C)Cn2nc(C(=O)OCC)cc2C(=O)N1Cc1cccc(C)c1. The second kappa shape index (κ2) is 9.85. The highest BCUT2D eigenvalue weighted by molar-refractivity contribution is 6.01. The Morgan fingerprint density at radius 1 is 1.15 bits per heavy atom. The van der Waals surface area contributed by atoms with Gasteiger partial charge in [0.15, 0.2) is 5.69 Å². The number of benzene rings is 1. The van der Waals surface area contributed by atoms with Crippen LogP contribution in [0.4, 0.5) is 0 Å². The molecular formula is C23H28N4O6. The van der Waals surface area contributed by atoms with E-state index in [1.54, 1.807) is 20.8 Å². The van der Waals surface area contributed by atoms with Gasteiger partial charge in [0.25, 0.3) is 5.91 Å². The van der Waals surface area contributed by atoms with Crippen LogP contribution in [0.15, 0.2) is 30.3 Å². The molecule has 0 saturated heterocycles. The molecule has 0 radical (unpaired) electrons. The summed E-state index contributed by atoms with van der Waals surface area (Å²) in [6.45, 7) is 7.08. The standard InChI is InChI=1S/C23H28N4O6/c1-5-32-19(28)12-24-22(31)23(4)14-27-18(11-17(25-27)21(30)33-6-2)20(29)26(23)13-16-9-7-8-15(3)10-16/h7-11H,5-6,12-14H2,1-4H3,(H,24,31)/t23-/m1/s1. The molecule has 176 valence electrons. The fourth-order valence-electron chi connectivity index (χ4n) is 3.74. The lowest BCUT2D eigenvalue weighted by molar-refractivity contribution is -0.145. The Bertz CT molecular complexity index is 1080. The zero-order chi connectivity index (χ0) is 24.2. The van der Waals surface area contributed by atoms with Crippen LogP contribution in [0.25, 0.3) is 0 Å². The van der Waals surface area contributed by atoms with Gasteiger partial charge in [-0.3, -0.25) is 19.1 Å². The van der Waals surface area contributed by atoms with E-state index in [9.17, 15) is 19.2 Å². The van der Waals surface area contributed by atoms with Gasteiger partial charge in [0.2, 0.25) is 5.91 Å². The van der Waals surface area contributed by atoms with Gasteiger partial charge in [-0.05, 0) is 33.3 Å². The number of fused-ring (bicyclic) bond motifs is 1. The van der Waals surface area contributed by atoms with Crippen molar-refractivity contribution in [2.45, 2.75) is 46.3 Å². The van der Waals surface area contributed by atoms with Crippen molar-refractivity contribution in [2.24, 2.45) is 0 Å². The quantitative estimate of drug-likeness (QED) is 0.597. The first kappa shape index (κ1) is 24.0. The number of nitrogens with one attached hydrogen (secondary N) is 1. The molecule has 0 unspecified atom stereocenters. The number of ether oxygens (including phenoxy) is 2. The molecule has 2 amide bonds. The lowest BCUT2D eigenvalue weighted by atomic mass is 9.94. The van der Waals surface area contributed by atoms with E-state index in [-0.39, 0.29) is 44.2 Å². The Kier molecular flexibility index (Phi) is 7.15. The summed E-state index contributed by atoms with van der Waals surface area (Å²) in [6.07, 6.45) is 0. The van der Waals surface area contributed by atoms with Crippen molar-refractivity contribution in [3.05, 3.63) is 52.8 Å². The molecule has 0 aliphatic carbocycles. The van der Waals surface area contributed by atoms with Crippen LogP contribution < -0.4 is 5.32 Å². The molecule has 1 aromatic heterocycles. The number of carbonyl (C=O) groups is 4. The van der Waals surface area contributed by atoms with Crippen molar-refractivity contribution < 1.29 is 28.7 Å². The minimum absolute atomic E-state index is 0.00600. The predicted octanol–water partition coefficient (Wildman–Crippen LogP) is 1.46. The minimum atomic E-state index is -1.38. The van der Waals surface area contributed by atoms with Crippen molar-refractivity contribution in [1.29, 1.82) is 0 Å². The highest BCUT2D eigenvalue weighted by Gasteiger charge is 2.48. The molecular weight excluding hydrogens is 428 g/mol. The van der Waals surface area contributed by atoms with E-state index in [0.717, 1.165) is 11.1 Å². The van der Waals surface area contributed by atoms with Crippen LogP contribution in [0.2, 0.25) is 0 Å². The zero-order valence-electron chi connectivity index (χ0n) is 19.2. The number of aryl methyl sites for hydroxylation is 1. The number of esters is 2. The van der Waals surface area contributed by atoms with Crippen molar-refractivity contribution in [2.75, 3.05) is 19.8 Å². The highest BCUT2D eigenvalue weighted by Crippen LogP contribution is 2.29. The Hall–Kier alpha value is -3.69. The van der Waals surface area contributed by atoms with Gasteiger partial charge in [-0.1, -0.05) is 29.8 Å². The Balaban J connectivity index is 1.97. The molecule has 1 aliphatic heterocycles. The minimum Gasteiger partial charge on any atom is -0.465 e. The third-order valence-corrected chi connectivity index (χ3v) is 5.39. The molecule has 1 atom stereocenters. The van der Waals surface area contributed by atoms with E-state index in [2.05, 4.69) is 10.4 Å². The van der Waals surface area contributed by atoms with Gasteiger partial charge in [-0.2, -0.15) is 5.10 Å². The Labute approximate surface area is 191 Å². The summed E-state index contributed by atoms with van der Waals surface area (Å²) in [5, 5.41) is 6.77. The number of carbonyl (C=O) groups excluding carboxylic acids is 4. The van der Waals surface area contributed by atoms with Crippen molar-refractivity contribution in [1.82, 2.24) is 20.0 Å². The van der Waals surface area contributed by atoms with Crippen LogP contribution >= 0.6 is 0 Å². The van der Waals surface area contributed by atoms with Crippen LogP contribution in [-0.2, 0) is 32.2 Å². The van der Waals surface area contributed by atoms with E-state index >= 15 is 0 Å². The van der Waals surface area contributed by atoms with Crippen molar-refractivity contribution in [3.63, 3.8) is 0 Å². The fourth-order valence-corrected chi connectivity index (χ4v) is 3.74. The summed E-state index contributed by atoms with van der Waals surface area (Å²) < 4.78 is 11.2. The third-order valence-electron chi connectivity index (χ3n) is 5.39. The van der Waals surface area contributed by atoms with Gasteiger partial charge in [0.1, 0.15) is 17.8 Å². The number of hydrogen-bond donors (Lipinski definition) is 1. The van der Waals surface area contributed by atoms with Crippen molar-refractivity contribution in [3.8, 4) is 0 Å². The van der Waals surface area contributed by atoms with E-state index in [1.807, 2.05) is 31.2 Å². The summed E-state index contributed by atoms with van der Waals surface area (Å²) in [5.74, 6) is -2.22. The number of rotatable bonds is 8. The smallest absolute Gasteiger partial charge is 0.358 e. The maximum absolute atomic E-state index is 13.5. The molecule has 2 aromatic rings. The first-order valence-electron chi connectivity index (χ1n) is 10.8. The molecule has 0 saturated carbocycles. The number of hydrogen-bond acceptors (Lipinski definition) is 7. The second-order valence-corrected chi connectivity index (χ2v) is 7.93. The second-order valence-electron chi connectivity index (χ2n) is 7.93. The average Bonchev–Trinajstić information content (AvgIpc) is 3.19. The first-order valence-corrected chi connectivity index (χ1v) is 10.8. The topological polar surface area (TPSA) is 120 Å². The monoisotopic (exact) mass is 456 g/mol. The van der Waals surface area contributed by atoms with Gasteiger partial charge in [-0.15, -0.1) is 0 Å². The van der Waals surface area contributed by atoms with E-state index in [1.165, 1.54) is 15.6 Å². The van der Waals surface area contributed by atoms with Crippen LogP contribution in [0.3, 0.4) is 0 Å². The lowest BCUT2D eigenvalue weighted by Gasteiger charge is -2.43. The molecule has 0 fully saturated rings. The molecule has 3 rings (SSSR count). The van der Waals surface area contributed by atoms with Gasteiger partial charge in [0.05, 0.1) is 19.8 Å². The summed E-state index contributed by atoms with van der Waals surface area (Å²) in [6, 6.07) is 8.99. The van der Waals surface area contributed by atoms with Gasteiger partial charge < -0.3 is 19.7 Å². The zero-order valence-corrected chi connectivity index (χ0v) is 19.2. The van der Waals surface area contributed by atoms with Gasteiger partial charge >= 0.3 is 11.9 Å². The summed E-state index contributed by atoms with van der Waals surface area (Å²) in [7, 11) is 0. The first-order chi connectivity index (χ1) is 15.7. The maximum Gasteiger partial charge on any atom is 0.358 e. The van der Waals surface area contributed by atoms with E-state index in [4.69, 9.17) is 9.47 Å². The van der Waals surface area contributed by atoms with Crippen molar-refractivity contribution >= 4 is 23.8 Å². The van der Waals surface area contributed by atoms with E-state index in [0.29, 0.717) is 0 Å². The number of aromatic nitrogens is 2. The molecule has 1 aliphatic rings. The molecule has 0 spiro atoms. The molecule has 1 N–H and O–H groups in total. The van der Waals surface area contributed by atoms with Crippen LogP contribution in [-0.4, -0.2) is 63.7 Å². The molecule has 10 heteroatoms. The molecule has 0 bridgehead atoms. The summed E-state index contributed by atoms with van der Waals surface area (Å²) in [5.41, 5.74) is 0.651. The maximum atomic E-state index is 13.5. The normalized spacial score (nSPS) is 17.3. The highest BCUT2D eigenvalue weighted by atomic mass is 16.5.